The summed E-state index contributed by atoms with van der Waals surface area (Å²) < 4.78 is 1.96. The molecule has 0 saturated carbocycles. The molecule has 6 nitrogen and oxygen atoms in total. The number of hydrogen-bond acceptors (Lipinski definition) is 5. The summed E-state index contributed by atoms with van der Waals surface area (Å²) in [6.07, 6.45) is 8.73. The zero-order valence-corrected chi connectivity index (χ0v) is 20.2. The van der Waals surface area contributed by atoms with Gasteiger partial charge in [0, 0.05) is 42.0 Å². The molecule has 0 amide bonds. The summed E-state index contributed by atoms with van der Waals surface area (Å²) in [7, 11) is 1.98. The van der Waals surface area contributed by atoms with E-state index in [9.17, 15) is 10.1 Å². The number of nitriles is 1. The number of benzene rings is 2. The largest absolute Gasteiger partial charge is 0.293 e. The maximum Gasteiger partial charge on any atom is 0.176 e. The van der Waals surface area contributed by atoms with Crippen molar-refractivity contribution in [3.05, 3.63) is 102 Å². The molecule has 0 saturated heterocycles. The number of rotatable bonds is 3. The molecule has 0 spiro atoms. The van der Waals surface area contributed by atoms with Crippen molar-refractivity contribution in [2.45, 2.75) is 25.2 Å². The van der Waals surface area contributed by atoms with E-state index in [1.165, 1.54) is 11.9 Å². The van der Waals surface area contributed by atoms with E-state index in [0.29, 0.717) is 0 Å². The molecule has 0 N–H and O–H groups in total. The van der Waals surface area contributed by atoms with Crippen molar-refractivity contribution < 1.29 is 4.79 Å². The normalized spacial score (nSPS) is 22.8. The third-order valence-corrected chi connectivity index (χ3v) is 7.91. The Bertz CT molecular complexity index is 1530. The Labute approximate surface area is 210 Å². The van der Waals surface area contributed by atoms with Gasteiger partial charge in [0.1, 0.15) is 12.4 Å². The highest BCUT2D eigenvalue weighted by Gasteiger charge is 2.53. The van der Waals surface area contributed by atoms with Gasteiger partial charge < -0.3 is 0 Å². The molecule has 36 heavy (non-hydrogen) atoms. The van der Waals surface area contributed by atoms with Gasteiger partial charge in [-0.1, -0.05) is 61.5 Å². The molecule has 6 heteroatoms. The fraction of sp³-hybridized carbons (Fsp3) is 0.233. The Balaban J connectivity index is 1.55. The fourth-order valence-electron chi connectivity index (χ4n) is 6.25. The molecule has 0 fully saturated rings. The van der Waals surface area contributed by atoms with Gasteiger partial charge >= 0.3 is 0 Å². The van der Waals surface area contributed by atoms with Crippen LogP contribution in [-0.2, 0) is 23.7 Å². The van der Waals surface area contributed by atoms with Crippen LogP contribution in [0.1, 0.15) is 30.2 Å². The second-order valence-electron chi connectivity index (χ2n) is 9.71. The highest BCUT2D eigenvalue weighted by atomic mass is 16.1. The number of allylic oxidation sites excluding steroid dienone is 2. The SMILES string of the molecule is C[C@@H]1C(=O)C(C#N)=C[C@]2(c3ccccc3)c3nn(C)c(-c4ccc(-c5cncnc5)cc4)c3CC[C@@H]12. The molecule has 4 aromatic rings. The smallest absolute Gasteiger partial charge is 0.176 e. The van der Waals surface area contributed by atoms with Crippen molar-refractivity contribution in [2.24, 2.45) is 18.9 Å². The average molecular weight is 472 g/mol. The zero-order valence-electron chi connectivity index (χ0n) is 20.2. The van der Waals surface area contributed by atoms with Gasteiger partial charge in [0.2, 0.25) is 0 Å². The lowest BCUT2D eigenvalue weighted by atomic mass is 9.54. The van der Waals surface area contributed by atoms with Crippen molar-refractivity contribution in [3.63, 3.8) is 0 Å². The van der Waals surface area contributed by atoms with E-state index in [2.05, 4.69) is 52.4 Å². The third-order valence-electron chi connectivity index (χ3n) is 7.91. The topological polar surface area (TPSA) is 84.5 Å². The number of hydrogen-bond donors (Lipinski definition) is 0. The zero-order chi connectivity index (χ0) is 24.9. The maximum absolute atomic E-state index is 13.0. The van der Waals surface area contributed by atoms with E-state index in [4.69, 9.17) is 5.10 Å². The monoisotopic (exact) mass is 471 g/mol. The molecule has 2 aliphatic rings. The van der Waals surface area contributed by atoms with Gasteiger partial charge in [-0.2, -0.15) is 10.4 Å². The molecule has 2 aromatic heterocycles. The second kappa shape index (κ2) is 8.39. The summed E-state index contributed by atoms with van der Waals surface area (Å²) in [5.41, 5.74) is 7.01. The minimum absolute atomic E-state index is 0.0419. The van der Waals surface area contributed by atoms with Crippen LogP contribution in [-0.4, -0.2) is 25.5 Å². The highest BCUT2D eigenvalue weighted by Crippen LogP contribution is 2.54. The lowest BCUT2D eigenvalue weighted by molar-refractivity contribution is -0.121. The first-order valence-electron chi connectivity index (χ1n) is 12.2. The minimum Gasteiger partial charge on any atom is -0.293 e. The van der Waals surface area contributed by atoms with Crippen LogP contribution in [0.2, 0.25) is 0 Å². The van der Waals surface area contributed by atoms with E-state index in [0.717, 1.165) is 46.5 Å². The van der Waals surface area contributed by atoms with E-state index < -0.39 is 5.41 Å². The van der Waals surface area contributed by atoms with E-state index in [-0.39, 0.29) is 23.2 Å². The average Bonchev–Trinajstić information content (AvgIpc) is 3.28. The molecule has 176 valence electrons. The van der Waals surface area contributed by atoms with Gasteiger partial charge in [-0.05, 0) is 36.0 Å². The number of Topliss-reactive ketones (excluding diaryl/α,β-unsaturated/α-hetero) is 1. The van der Waals surface area contributed by atoms with Gasteiger partial charge in [-0.3, -0.25) is 9.48 Å². The quantitative estimate of drug-likeness (QED) is 0.417. The van der Waals surface area contributed by atoms with Crippen molar-refractivity contribution in [1.82, 2.24) is 19.7 Å². The third kappa shape index (κ3) is 3.16. The summed E-state index contributed by atoms with van der Waals surface area (Å²) in [6, 6.07) is 20.8. The summed E-state index contributed by atoms with van der Waals surface area (Å²) in [5, 5.41) is 15.0. The molecule has 6 rings (SSSR count). The highest BCUT2D eigenvalue weighted by molar-refractivity contribution is 6.02. The van der Waals surface area contributed by atoms with Crippen molar-refractivity contribution in [1.29, 1.82) is 5.26 Å². The number of fused-ring (bicyclic) bond motifs is 3. The number of carbonyl (C=O) groups excluding carboxylic acids is 1. The lowest BCUT2D eigenvalue weighted by Gasteiger charge is -2.47. The van der Waals surface area contributed by atoms with Crippen molar-refractivity contribution in [3.8, 4) is 28.5 Å². The van der Waals surface area contributed by atoms with E-state index in [1.54, 1.807) is 0 Å². The molecular formula is C30H25N5O. The predicted octanol–water partition coefficient (Wildman–Crippen LogP) is 5.06. The molecule has 2 aromatic carbocycles. The predicted molar refractivity (Wildman–Crippen MR) is 137 cm³/mol. The molecule has 2 heterocycles. The first-order chi connectivity index (χ1) is 17.5. The number of aryl methyl sites for hydroxylation is 1. The standard InChI is InChI=1S/C30H25N5O/c1-19-26-13-12-25-27(21-10-8-20(9-11-21)23-16-32-18-33-17-23)35(2)34-29(25)30(26,14-22(15-31)28(19)36)24-6-4-3-5-7-24/h3-11,14,16-19,26H,12-13H2,1-2H3/t19-,26-,30+/m0/s1. The van der Waals surface area contributed by atoms with Crippen LogP contribution < -0.4 is 0 Å². The van der Waals surface area contributed by atoms with Gasteiger partial charge in [0.05, 0.1) is 22.4 Å². The Morgan fingerprint density at radius 2 is 1.69 bits per heavy atom. The van der Waals surface area contributed by atoms with Gasteiger partial charge in [-0.25, -0.2) is 9.97 Å². The van der Waals surface area contributed by atoms with E-state index in [1.807, 2.05) is 55.3 Å². The number of carbonyl (C=O) groups is 1. The number of ketones is 1. The van der Waals surface area contributed by atoms with Crippen LogP contribution in [0.25, 0.3) is 22.4 Å². The van der Waals surface area contributed by atoms with Crippen LogP contribution in [0.4, 0.5) is 0 Å². The number of nitrogens with zero attached hydrogens (tertiary/aromatic N) is 5. The first-order valence-corrected chi connectivity index (χ1v) is 12.2. The summed E-state index contributed by atoms with van der Waals surface area (Å²) in [6.45, 7) is 1.97. The van der Waals surface area contributed by atoms with Gasteiger partial charge in [0.15, 0.2) is 5.78 Å². The summed E-state index contributed by atoms with van der Waals surface area (Å²) in [5.74, 6) is -0.273. The van der Waals surface area contributed by atoms with Crippen LogP contribution >= 0.6 is 0 Å². The Morgan fingerprint density at radius 1 is 1.00 bits per heavy atom. The Kier molecular flexibility index (Phi) is 5.15. The molecule has 3 atom stereocenters. The van der Waals surface area contributed by atoms with Gasteiger partial charge in [-0.15, -0.1) is 0 Å². The van der Waals surface area contributed by atoms with Crippen molar-refractivity contribution in [2.75, 3.05) is 0 Å². The molecule has 2 aliphatic carbocycles. The fourth-order valence-corrected chi connectivity index (χ4v) is 6.25. The molecule has 0 aliphatic heterocycles. The number of aromatic nitrogens is 4. The van der Waals surface area contributed by atoms with Crippen molar-refractivity contribution >= 4 is 5.78 Å². The van der Waals surface area contributed by atoms with Gasteiger partial charge in [0.25, 0.3) is 0 Å². The lowest BCUT2D eigenvalue weighted by Crippen LogP contribution is -2.48. The molecule has 0 bridgehead atoms. The molecule has 0 unspecified atom stereocenters. The first kappa shape index (κ1) is 22.1. The Hall–Kier alpha value is -4.37. The second-order valence-corrected chi connectivity index (χ2v) is 9.71. The summed E-state index contributed by atoms with van der Waals surface area (Å²) in [4.78, 5) is 21.3. The summed E-state index contributed by atoms with van der Waals surface area (Å²) >= 11 is 0. The van der Waals surface area contributed by atoms with Crippen LogP contribution in [0.15, 0.2) is 85.0 Å². The van der Waals surface area contributed by atoms with E-state index >= 15 is 0 Å². The Morgan fingerprint density at radius 3 is 2.39 bits per heavy atom. The molecule has 0 radical (unpaired) electrons. The van der Waals surface area contributed by atoms with Crippen LogP contribution in [0, 0.1) is 23.2 Å². The minimum atomic E-state index is -0.620. The van der Waals surface area contributed by atoms with Crippen LogP contribution in [0.3, 0.4) is 0 Å². The van der Waals surface area contributed by atoms with Crippen LogP contribution in [0.5, 0.6) is 0 Å². The molecular weight excluding hydrogens is 446 g/mol. The maximum atomic E-state index is 13.0.